The monoisotopic (exact) mass is 339 g/mol. The molecule has 3 aromatic rings. The lowest BCUT2D eigenvalue weighted by atomic mass is 10.2. The lowest BCUT2D eigenvalue weighted by Crippen LogP contribution is -2.30. The summed E-state index contributed by atoms with van der Waals surface area (Å²) in [5, 5.41) is 8.19. The summed E-state index contributed by atoms with van der Waals surface area (Å²) in [7, 11) is 0. The molecule has 0 atom stereocenters. The van der Waals surface area contributed by atoms with Crippen molar-refractivity contribution in [3.05, 3.63) is 66.9 Å². The third-order valence-electron chi connectivity index (χ3n) is 3.28. The molecule has 0 saturated heterocycles. The molecule has 0 spiro atoms. The maximum absolute atomic E-state index is 5.37. The van der Waals surface area contributed by atoms with E-state index in [4.69, 9.17) is 12.2 Å². The van der Waals surface area contributed by atoms with Gasteiger partial charge in [-0.1, -0.05) is 36.4 Å². The van der Waals surface area contributed by atoms with Crippen LogP contribution >= 0.6 is 24.0 Å². The largest absolute Gasteiger partial charge is 0.362 e. The van der Waals surface area contributed by atoms with Crippen LogP contribution in [0.15, 0.2) is 71.8 Å². The van der Waals surface area contributed by atoms with E-state index >= 15 is 0 Å². The van der Waals surface area contributed by atoms with Crippen molar-refractivity contribution < 1.29 is 0 Å². The number of para-hydroxylation sites is 1. The van der Waals surface area contributed by atoms with Crippen LogP contribution in [0.3, 0.4) is 0 Å². The zero-order valence-electron chi connectivity index (χ0n) is 12.5. The number of rotatable bonds is 5. The van der Waals surface area contributed by atoms with Crippen molar-refractivity contribution >= 4 is 45.7 Å². The van der Waals surface area contributed by atoms with Crippen molar-refractivity contribution in [1.82, 2.24) is 10.3 Å². The smallest absolute Gasteiger partial charge is 0.170 e. The first-order valence-corrected chi connectivity index (χ1v) is 8.79. The molecule has 0 aliphatic carbocycles. The van der Waals surface area contributed by atoms with Crippen LogP contribution < -0.4 is 10.6 Å². The van der Waals surface area contributed by atoms with Gasteiger partial charge in [-0.15, -0.1) is 11.8 Å². The Morgan fingerprint density at radius 2 is 1.83 bits per heavy atom. The first-order valence-electron chi connectivity index (χ1n) is 7.39. The second-order valence-electron chi connectivity index (χ2n) is 4.92. The van der Waals surface area contributed by atoms with Crippen molar-refractivity contribution in [2.45, 2.75) is 4.90 Å². The Hall–Kier alpha value is -2.11. The standard InChI is InChI=1S/C18H17N3S2/c22-18(20-12-13-23-15-8-2-1-3-9-15)21-16-10-4-6-14-7-5-11-19-17(14)16/h1-11H,12-13H2,(H2,20,21,22). The fourth-order valence-electron chi connectivity index (χ4n) is 2.22. The number of pyridine rings is 1. The zero-order chi connectivity index (χ0) is 15.9. The quantitative estimate of drug-likeness (QED) is 0.411. The molecule has 0 aliphatic rings. The summed E-state index contributed by atoms with van der Waals surface area (Å²) in [5.41, 5.74) is 1.86. The van der Waals surface area contributed by atoms with E-state index in [1.807, 2.05) is 48.2 Å². The second kappa shape index (κ2) is 7.94. The van der Waals surface area contributed by atoms with Gasteiger partial charge in [0.1, 0.15) is 0 Å². The third-order valence-corrected chi connectivity index (χ3v) is 4.54. The molecule has 0 aliphatic heterocycles. The molecule has 0 fully saturated rings. The number of aromatic nitrogens is 1. The van der Waals surface area contributed by atoms with Crippen LogP contribution in [0.1, 0.15) is 0 Å². The molecular weight excluding hydrogens is 322 g/mol. The predicted molar refractivity (Wildman–Crippen MR) is 103 cm³/mol. The minimum absolute atomic E-state index is 0.622. The number of thiocarbonyl (C=S) groups is 1. The molecule has 1 heterocycles. The van der Waals surface area contributed by atoms with Gasteiger partial charge in [-0.2, -0.15) is 0 Å². The minimum atomic E-state index is 0.622. The Morgan fingerprint density at radius 3 is 2.70 bits per heavy atom. The van der Waals surface area contributed by atoms with Crippen LogP contribution in [0.25, 0.3) is 10.9 Å². The Balaban J connectivity index is 1.51. The van der Waals surface area contributed by atoms with E-state index in [1.165, 1.54) is 4.90 Å². The Labute approximate surface area is 145 Å². The number of nitrogens with zero attached hydrogens (tertiary/aromatic N) is 1. The van der Waals surface area contributed by atoms with Gasteiger partial charge in [0.15, 0.2) is 5.11 Å². The van der Waals surface area contributed by atoms with E-state index in [-0.39, 0.29) is 0 Å². The highest BCUT2D eigenvalue weighted by molar-refractivity contribution is 7.99. The summed E-state index contributed by atoms with van der Waals surface area (Å²) in [6.45, 7) is 0.809. The molecule has 3 rings (SSSR count). The number of hydrogen-bond acceptors (Lipinski definition) is 3. The van der Waals surface area contributed by atoms with Crippen molar-refractivity contribution in [3.63, 3.8) is 0 Å². The van der Waals surface area contributed by atoms with E-state index in [2.05, 4.69) is 39.9 Å². The molecule has 0 bridgehead atoms. The fraction of sp³-hybridized carbons (Fsp3) is 0.111. The van der Waals surface area contributed by atoms with Gasteiger partial charge in [0.25, 0.3) is 0 Å². The predicted octanol–water partition coefficient (Wildman–Crippen LogP) is 4.31. The Bertz CT molecular complexity index is 785. The fourth-order valence-corrected chi connectivity index (χ4v) is 3.22. The summed E-state index contributed by atoms with van der Waals surface area (Å²) >= 11 is 7.18. The van der Waals surface area contributed by atoms with Crippen molar-refractivity contribution in [1.29, 1.82) is 0 Å². The lowest BCUT2D eigenvalue weighted by molar-refractivity contribution is 0.990. The number of anilines is 1. The third kappa shape index (κ3) is 4.43. The van der Waals surface area contributed by atoms with Crippen molar-refractivity contribution in [2.24, 2.45) is 0 Å². The van der Waals surface area contributed by atoms with E-state index in [1.54, 1.807) is 6.20 Å². The van der Waals surface area contributed by atoms with Gasteiger partial charge in [0.2, 0.25) is 0 Å². The molecule has 0 unspecified atom stereocenters. The van der Waals surface area contributed by atoms with E-state index in [0.29, 0.717) is 5.11 Å². The normalized spacial score (nSPS) is 10.4. The summed E-state index contributed by atoms with van der Waals surface area (Å²) in [5.74, 6) is 0.958. The Morgan fingerprint density at radius 1 is 1.00 bits per heavy atom. The molecule has 2 aromatic carbocycles. The van der Waals surface area contributed by atoms with Crippen LogP contribution in [0.2, 0.25) is 0 Å². The van der Waals surface area contributed by atoms with Crippen LogP contribution in [0.5, 0.6) is 0 Å². The molecule has 0 radical (unpaired) electrons. The maximum atomic E-state index is 5.37. The van der Waals surface area contributed by atoms with Gasteiger partial charge in [-0.25, -0.2) is 0 Å². The topological polar surface area (TPSA) is 37.0 Å². The van der Waals surface area contributed by atoms with E-state index in [9.17, 15) is 0 Å². The summed E-state index contributed by atoms with van der Waals surface area (Å²) < 4.78 is 0. The summed E-state index contributed by atoms with van der Waals surface area (Å²) in [6, 6.07) is 20.4. The number of hydrogen-bond donors (Lipinski definition) is 2. The van der Waals surface area contributed by atoms with Gasteiger partial charge in [-0.05, 0) is 36.5 Å². The van der Waals surface area contributed by atoms with Gasteiger partial charge in [0, 0.05) is 28.8 Å². The number of thioether (sulfide) groups is 1. The minimum Gasteiger partial charge on any atom is -0.362 e. The molecule has 2 N–H and O–H groups in total. The molecule has 0 saturated carbocycles. The highest BCUT2D eigenvalue weighted by atomic mass is 32.2. The SMILES string of the molecule is S=C(NCCSc1ccccc1)Nc1cccc2cccnc12. The van der Waals surface area contributed by atoms with E-state index < -0.39 is 0 Å². The van der Waals surface area contributed by atoms with Crippen LogP contribution in [-0.2, 0) is 0 Å². The number of fused-ring (bicyclic) bond motifs is 1. The average Bonchev–Trinajstić information content (AvgIpc) is 2.60. The first-order chi connectivity index (χ1) is 11.3. The van der Waals surface area contributed by atoms with Crippen molar-refractivity contribution in [2.75, 3.05) is 17.6 Å². The van der Waals surface area contributed by atoms with Crippen LogP contribution in [0.4, 0.5) is 5.69 Å². The van der Waals surface area contributed by atoms with E-state index in [0.717, 1.165) is 28.9 Å². The summed E-state index contributed by atoms with van der Waals surface area (Å²) in [4.78, 5) is 5.69. The van der Waals surface area contributed by atoms with Gasteiger partial charge >= 0.3 is 0 Å². The molecule has 0 amide bonds. The van der Waals surface area contributed by atoms with Crippen molar-refractivity contribution in [3.8, 4) is 0 Å². The molecule has 3 nitrogen and oxygen atoms in total. The van der Waals surface area contributed by atoms with Gasteiger partial charge in [-0.3, -0.25) is 4.98 Å². The van der Waals surface area contributed by atoms with Gasteiger partial charge in [0.05, 0.1) is 11.2 Å². The van der Waals surface area contributed by atoms with Crippen LogP contribution in [-0.4, -0.2) is 22.4 Å². The molecule has 5 heteroatoms. The average molecular weight is 339 g/mol. The lowest BCUT2D eigenvalue weighted by Gasteiger charge is -2.12. The maximum Gasteiger partial charge on any atom is 0.170 e. The summed E-state index contributed by atoms with van der Waals surface area (Å²) in [6.07, 6.45) is 1.79. The second-order valence-corrected chi connectivity index (χ2v) is 6.50. The zero-order valence-corrected chi connectivity index (χ0v) is 14.2. The number of benzene rings is 2. The number of nitrogens with one attached hydrogen (secondary N) is 2. The highest BCUT2D eigenvalue weighted by Gasteiger charge is 2.03. The molecular formula is C18H17N3S2. The highest BCUT2D eigenvalue weighted by Crippen LogP contribution is 2.20. The Kier molecular flexibility index (Phi) is 5.45. The first kappa shape index (κ1) is 15.8. The van der Waals surface area contributed by atoms with Gasteiger partial charge < -0.3 is 10.6 Å². The molecule has 23 heavy (non-hydrogen) atoms. The molecule has 1 aromatic heterocycles. The van der Waals surface area contributed by atoms with Crippen LogP contribution in [0, 0.1) is 0 Å². The molecule has 116 valence electrons.